The van der Waals surface area contributed by atoms with Crippen LogP contribution in [-0.2, 0) is 14.6 Å². The van der Waals surface area contributed by atoms with Crippen LogP contribution in [0.15, 0.2) is 23.5 Å². The van der Waals surface area contributed by atoms with E-state index in [1.807, 2.05) is 0 Å². The number of rotatable bonds is 5. The molecule has 0 aromatic carbocycles. The minimum Gasteiger partial charge on any atom is -0.481 e. The van der Waals surface area contributed by atoms with E-state index >= 15 is 0 Å². The van der Waals surface area contributed by atoms with Crippen LogP contribution < -0.4 is 0 Å². The molecule has 0 aliphatic carbocycles. The monoisotopic (exact) mass is 315 g/mol. The summed E-state index contributed by atoms with van der Waals surface area (Å²) in [6.07, 6.45) is 5.79. The van der Waals surface area contributed by atoms with Crippen molar-refractivity contribution in [2.45, 2.75) is 6.42 Å². The van der Waals surface area contributed by atoms with Crippen molar-refractivity contribution in [2.24, 2.45) is 0 Å². The molecule has 1 aromatic rings. The van der Waals surface area contributed by atoms with Crippen molar-refractivity contribution in [1.82, 2.24) is 14.3 Å². The van der Waals surface area contributed by atoms with Gasteiger partial charge in [0.2, 0.25) is 0 Å². The van der Waals surface area contributed by atoms with Crippen molar-refractivity contribution in [2.75, 3.05) is 19.3 Å². The third-order valence-corrected chi connectivity index (χ3v) is 4.69. The van der Waals surface area contributed by atoms with Crippen molar-refractivity contribution in [3.05, 3.63) is 28.5 Å². The van der Waals surface area contributed by atoms with Crippen LogP contribution in [0.5, 0.6) is 0 Å². The van der Waals surface area contributed by atoms with Crippen molar-refractivity contribution in [3.8, 4) is 0 Å². The second kappa shape index (κ2) is 5.71. The number of carboxylic acids is 1. The fourth-order valence-corrected chi connectivity index (χ4v) is 3.39. The maximum atomic E-state index is 11.9. The predicted molar refractivity (Wildman–Crippen MR) is 74.6 cm³/mol. The van der Waals surface area contributed by atoms with E-state index in [1.54, 1.807) is 17.2 Å². The molecular weight excluding hydrogens is 302 g/mol. The molecule has 0 atom stereocenters. The Balaban J connectivity index is 2.30. The summed E-state index contributed by atoms with van der Waals surface area (Å²) in [4.78, 5) is 16.5. The number of sulfone groups is 1. The highest BCUT2D eigenvalue weighted by molar-refractivity contribution is 7.94. The molecule has 0 spiro atoms. The van der Waals surface area contributed by atoms with Crippen LogP contribution in [0.2, 0.25) is 0 Å². The highest BCUT2D eigenvalue weighted by atomic mass is 32.2. The number of aromatic nitrogens is 2. The van der Waals surface area contributed by atoms with E-state index in [1.165, 1.54) is 6.33 Å². The summed E-state index contributed by atoms with van der Waals surface area (Å²) in [6.45, 7) is 0.409. The van der Waals surface area contributed by atoms with Gasteiger partial charge in [-0.05, 0) is 17.6 Å². The van der Waals surface area contributed by atoms with Crippen molar-refractivity contribution in [3.63, 3.8) is 0 Å². The Labute approximate surface area is 120 Å². The van der Waals surface area contributed by atoms with E-state index in [4.69, 9.17) is 5.11 Å². The molecular formula is C11H13N3O4S2. The second-order valence-corrected chi connectivity index (χ2v) is 7.10. The van der Waals surface area contributed by atoms with Gasteiger partial charge in [-0.1, -0.05) is 0 Å². The fourth-order valence-electron chi connectivity index (χ4n) is 1.79. The van der Waals surface area contributed by atoms with E-state index < -0.39 is 15.8 Å². The first kappa shape index (κ1) is 14.7. The maximum absolute atomic E-state index is 11.9. The third-order valence-electron chi connectivity index (χ3n) is 2.75. The second-order valence-electron chi connectivity index (χ2n) is 4.29. The van der Waals surface area contributed by atoms with Gasteiger partial charge in [0.25, 0.3) is 0 Å². The van der Waals surface area contributed by atoms with Gasteiger partial charge in [0.05, 0.1) is 17.9 Å². The number of aliphatic carboxylic acids is 1. The lowest BCUT2D eigenvalue weighted by Gasteiger charge is -2.25. The molecule has 9 heteroatoms. The molecule has 1 aromatic heterocycles. The molecule has 1 N–H and O–H groups in total. The molecule has 7 nitrogen and oxygen atoms in total. The molecule has 0 amide bonds. The Kier molecular flexibility index (Phi) is 4.19. The van der Waals surface area contributed by atoms with Gasteiger partial charge >= 0.3 is 5.97 Å². The summed E-state index contributed by atoms with van der Waals surface area (Å²) in [5.41, 5.74) is 0.529. The van der Waals surface area contributed by atoms with Crippen LogP contribution in [0, 0.1) is 0 Å². The summed E-state index contributed by atoms with van der Waals surface area (Å²) in [6, 6.07) is 0. The van der Waals surface area contributed by atoms with Gasteiger partial charge in [0.15, 0.2) is 9.84 Å². The largest absolute Gasteiger partial charge is 0.481 e. The first-order valence-corrected chi connectivity index (χ1v) is 8.38. The van der Waals surface area contributed by atoms with Gasteiger partial charge in [-0.15, -0.1) is 0 Å². The summed E-state index contributed by atoms with van der Waals surface area (Å²) >= 11 is 1.12. The smallest absolute Gasteiger partial charge is 0.305 e. The average molecular weight is 315 g/mol. The SMILES string of the molecule is CS(=O)(=O)C1=C(c2ncns2)C=CN(CCC(=O)O)C1. The molecule has 108 valence electrons. The highest BCUT2D eigenvalue weighted by Gasteiger charge is 2.24. The van der Waals surface area contributed by atoms with E-state index in [-0.39, 0.29) is 24.4 Å². The third kappa shape index (κ3) is 3.42. The standard InChI is InChI=1S/C11H13N3O4S2/c1-20(17,18)9-6-14(5-3-10(15)16)4-2-8(9)11-12-7-13-19-11/h2,4,7H,3,5-6H2,1H3,(H,15,16). The summed E-state index contributed by atoms with van der Waals surface area (Å²) < 4.78 is 27.7. The van der Waals surface area contributed by atoms with Crippen molar-refractivity contribution < 1.29 is 18.3 Å². The molecule has 0 saturated heterocycles. The van der Waals surface area contributed by atoms with E-state index in [0.717, 1.165) is 17.8 Å². The molecule has 0 saturated carbocycles. The van der Waals surface area contributed by atoms with Crippen LogP contribution in [0.4, 0.5) is 0 Å². The van der Waals surface area contributed by atoms with Gasteiger partial charge in [-0.25, -0.2) is 13.4 Å². The molecule has 0 unspecified atom stereocenters. The Morgan fingerprint density at radius 3 is 2.85 bits per heavy atom. The molecule has 1 aliphatic heterocycles. The Bertz CT molecular complexity index is 662. The number of hydrogen-bond donors (Lipinski definition) is 1. The van der Waals surface area contributed by atoms with Crippen LogP contribution in [0.25, 0.3) is 5.57 Å². The summed E-state index contributed by atoms with van der Waals surface area (Å²) in [7, 11) is -3.39. The van der Waals surface area contributed by atoms with Crippen LogP contribution in [-0.4, -0.2) is 53.1 Å². The van der Waals surface area contributed by atoms with Gasteiger partial charge in [0.1, 0.15) is 11.3 Å². The Morgan fingerprint density at radius 2 is 2.30 bits per heavy atom. The number of carbonyl (C=O) groups is 1. The Hall–Kier alpha value is -1.74. The lowest BCUT2D eigenvalue weighted by atomic mass is 10.2. The zero-order valence-corrected chi connectivity index (χ0v) is 12.3. The normalized spacial score (nSPS) is 15.8. The molecule has 0 radical (unpaired) electrons. The van der Waals surface area contributed by atoms with Gasteiger partial charge in [0, 0.05) is 24.6 Å². The minimum atomic E-state index is -3.39. The molecule has 2 heterocycles. The number of nitrogens with zero attached hydrogens (tertiary/aromatic N) is 3. The quantitative estimate of drug-likeness (QED) is 0.849. The first-order valence-electron chi connectivity index (χ1n) is 5.72. The van der Waals surface area contributed by atoms with Gasteiger partial charge < -0.3 is 10.0 Å². The van der Waals surface area contributed by atoms with Crippen LogP contribution >= 0.6 is 11.5 Å². The highest BCUT2D eigenvalue weighted by Crippen LogP contribution is 2.28. The van der Waals surface area contributed by atoms with E-state index in [9.17, 15) is 13.2 Å². The van der Waals surface area contributed by atoms with Gasteiger partial charge in [-0.2, -0.15) is 4.37 Å². The van der Waals surface area contributed by atoms with Gasteiger partial charge in [-0.3, -0.25) is 4.79 Å². The van der Waals surface area contributed by atoms with Crippen molar-refractivity contribution in [1.29, 1.82) is 0 Å². The maximum Gasteiger partial charge on any atom is 0.305 e. The first-order chi connectivity index (χ1) is 9.38. The molecule has 20 heavy (non-hydrogen) atoms. The van der Waals surface area contributed by atoms with E-state index in [0.29, 0.717) is 10.6 Å². The average Bonchev–Trinajstić information content (AvgIpc) is 2.88. The molecule has 0 fully saturated rings. The minimum absolute atomic E-state index is 0.0461. The zero-order chi connectivity index (χ0) is 14.8. The van der Waals surface area contributed by atoms with E-state index in [2.05, 4.69) is 9.36 Å². The Morgan fingerprint density at radius 1 is 1.55 bits per heavy atom. The lowest BCUT2D eigenvalue weighted by molar-refractivity contribution is -0.137. The van der Waals surface area contributed by atoms with Crippen LogP contribution in [0.3, 0.4) is 0 Å². The number of allylic oxidation sites excluding steroid dienone is 2. The number of carboxylic acid groups (broad SMARTS) is 1. The summed E-state index contributed by atoms with van der Waals surface area (Å²) in [5.74, 6) is -0.918. The lowest BCUT2D eigenvalue weighted by Crippen LogP contribution is -2.28. The summed E-state index contributed by atoms with van der Waals surface area (Å²) in [5, 5.41) is 9.22. The zero-order valence-electron chi connectivity index (χ0n) is 10.7. The molecule has 1 aliphatic rings. The van der Waals surface area contributed by atoms with Crippen molar-refractivity contribution >= 4 is 32.9 Å². The number of hydrogen-bond acceptors (Lipinski definition) is 7. The molecule has 2 rings (SSSR count). The predicted octanol–water partition coefficient (Wildman–Crippen LogP) is 0.598. The topological polar surface area (TPSA) is 100 Å². The van der Waals surface area contributed by atoms with Crippen LogP contribution in [0.1, 0.15) is 11.4 Å². The fraction of sp³-hybridized carbons (Fsp3) is 0.364. The molecule has 0 bridgehead atoms.